The molecule has 5 heteroatoms. The largest absolute Gasteiger partial charge is 0.481 e. The number of nitrogens with zero attached hydrogens (tertiary/aromatic N) is 1. The van der Waals surface area contributed by atoms with Crippen LogP contribution in [0.25, 0.3) is 0 Å². The minimum Gasteiger partial charge on any atom is -0.481 e. The van der Waals surface area contributed by atoms with Crippen LogP contribution in [0.5, 0.6) is 5.88 Å². The molecular formula is C17H18BrClN2O. The van der Waals surface area contributed by atoms with E-state index in [1.165, 1.54) is 11.1 Å². The van der Waals surface area contributed by atoms with Crippen LogP contribution in [0.2, 0.25) is 5.02 Å². The Morgan fingerprint density at radius 2 is 2.14 bits per heavy atom. The normalized spacial score (nSPS) is 21.6. The molecule has 2 unspecified atom stereocenters. The Balaban J connectivity index is 1.97. The van der Waals surface area contributed by atoms with Crippen molar-refractivity contribution in [2.24, 2.45) is 0 Å². The number of ether oxygens (including phenoxy) is 1. The molecule has 0 aliphatic carbocycles. The highest BCUT2D eigenvalue weighted by molar-refractivity contribution is 9.10. The molecule has 3 rings (SSSR count). The highest BCUT2D eigenvalue weighted by Gasteiger charge is 2.29. The molecule has 22 heavy (non-hydrogen) atoms. The first-order chi connectivity index (χ1) is 10.7. The lowest BCUT2D eigenvalue weighted by atomic mass is 9.77. The summed E-state index contributed by atoms with van der Waals surface area (Å²) in [4.78, 5) is 4.21. The number of piperidine rings is 1. The van der Waals surface area contributed by atoms with Gasteiger partial charge in [-0.25, -0.2) is 4.98 Å². The molecule has 3 nitrogen and oxygen atoms in total. The second-order valence-corrected chi connectivity index (χ2v) is 6.83. The zero-order valence-electron chi connectivity index (χ0n) is 12.4. The third-order valence-corrected chi connectivity index (χ3v) is 5.06. The molecular weight excluding hydrogens is 364 g/mol. The van der Waals surface area contributed by atoms with Crippen LogP contribution >= 0.6 is 27.5 Å². The van der Waals surface area contributed by atoms with Gasteiger partial charge in [0.1, 0.15) is 0 Å². The van der Waals surface area contributed by atoms with E-state index in [0.29, 0.717) is 17.7 Å². The van der Waals surface area contributed by atoms with Crippen LogP contribution in [-0.2, 0) is 0 Å². The Morgan fingerprint density at radius 3 is 2.91 bits per heavy atom. The first-order valence-corrected chi connectivity index (χ1v) is 8.51. The third-order valence-electron chi connectivity index (χ3n) is 4.24. The second-order valence-electron chi connectivity index (χ2n) is 5.50. The van der Waals surface area contributed by atoms with Gasteiger partial charge in [0.15, 0.2) is 0 Å². The number of hydrogen-bond acceptors (Lipinski definition) is 3. The molecule has 1 aliphatic heterocycles. The van der Waals surface area contributed by atoms with Gasteiger partial charge in [-0.3, -0.25) is 0 Å². The maximum absolute atomic E-state index is 6.48. The molecule has 1 aliphatic rings. The topological polar surface area (TPSA) is 34.1 Å². The summed E-state index contributed by atoms with van der Waals surface area (Å²) in [6.45, 7) is 1.94. The number of rotatable bonds is 3. The minimum absolute atomic E-state index is 0.349. The summed E-state index contributed by atoms with van der Waals surface area (Å²) in [6, 6.07) is 10.3. The third kappa shape index (κ3) is 3.29. The average molecular weight is 382 g/mol. The summed E-state index contributed by atoms with van der Waals surface area (Å²) >= 11 is 9.95. The molecule has 0 amide bonds. The number of hydrogen-bond donors (Lipinski definition) is 1. The van der Waals surface area contributed by atoms with E-state index < -0.39 is 0 Å². The molecule has 1 N–H and O–H groups in total. The molecule has 2 heterocycles. The lowest BCUT2D eigenvalue weighted by molar-refractivity contribution is 0.387. The van der Waals surface area contributed by atoms with E-state index in [-0.39, 0.29) is 0 Å². The van der Waals surface area contributed by atoms with Gasteiger partial charge in [0.2, 0.25) is 5.88 Å². The fraction of sp³-hybridized carbons (Fsp3) is 0.353. The molecule has 116 valence electrons. The van der Waals surface area contributed by atoms with E-state index >= 15 is 0 Å². The molecule has 1 aromatic carbocycles. The lowest BCUT2D eigenvalue weighted by Crippen LogP contribution is -2.34. The molecule has 0 bridgehead atoms. The van der Waals surface area contributed by atoms with Crippen molar-refractivity contribution in [3.63, 3.8) is 0 Å². The van der Waals surface area contributed by atoms with Crippen LogP contribution in [-0.4, -0.2) is 25.2 Å². The number of benzene rings is 1. The quantitative estimate of drug-likeness (QED) is 0.857. The van der Waals surface area contributed by atoms with Crippen molar-refractivity contribution in [3.8, 4) is 5.88 Å². The molecule has 1 fully saturated rings. The van der Waals surface area contributed by atoms with Crippen LogP contribution in [0, 0.1) is 0 Å². The van der Waals surface area contributed by atoms with Crippen LogP contribution in [0.4, 0.5) is 0 Å². The standard InChI is InChI=1S/C17H18BrClN2O/c1-22-17-8-11(4-7-21-17)13-5-6-20-10-15(13)14-3-2-12(18)9-16(14)19/h2-4,7-9,13,15,20H,5-6,10H2,1H3. The Bertz CT molecular complexity index is 665. The maximum atomic E-state index is 6.48. The summed E-state index contributed by atoms with van der Waals surface area (Å²) in [6.07, 6.45) is 2.89. The van der Waals surface area contributed by atoms with Gasteiger partial charge in [0.05, 0.1) is 7.11 Å². The van der Waals surface area contributed by atoms with Crippen molar-refractivity contribution in [2.45, 2.75) is 18.3 Å². The average Bonchev–Trinajstić information content (AvgIpc) is 2.55. The molecule has 0 saturated carbocycles. The van der Waals surface area contributed by atoms with Crippen molar-refractivity contribution >= 4 is 27.5 Å². The number of halogens is 2. The predicted octanol–water partition coefficient (Wildman–Crippen LogP) is 4.37. The van der Waals surface area contributed by atoms with Gasteiger partial charge in [-0.05, 0) is 48.2 Å². The van der Waals surface area contributed by atoms with Crippen LogP contribution in [0.1, 0.15) is 29.4 Å². The van der Waals surface area contributed by atoms with E-state index in [1.807, 2.05) is 18.3 Å². The SMILES string of the molecule is COc1cc(C2CCNCC2c2ccc(Br)cc2Cl)ccn1. The second kappa shape index (κ2) is 6.99. The van der Waals surface area contributed by atoms with Gasteiger partial charge in [-0.1, -0.05) is 33.6 Å². The summed E-state index contributed by atoms with van der Waals surface area (Å²) in [7, 11) is 1.65. The summed E-state index contributed by atoms with van der Waals surface area (Å²) in [5.74, 6) is 1.43. The van der Waals surface area contributed by atoms with Crippen molar-refractivity contribution < 1.29 is 4.74 Å². The number of aromatic nitrogens is 1. The zero-order chi connectivity index (χ0) is 15.5. The Hall–Kier alpha value is -1.10. The smallest absolute Gasteiger partial charge is 0.213 e. The Labute approximate surface area is 144 Å². The first-order valence-electron chi connectivity index (χ1n) is 7.34. The van der Waals surface area contributed by atoms with Crippen LogP contribution in [0.3, 0.4) is 0 Å². The van der Waals surface area contributed by atoms with E-state index in [2.05, 4.69) is 44.4 Å². The summed E-state index contributed by atoms with van der Waals surface area (Å²) in [5, 5.41) is 4.30. The van der Waals surface area contributed by atoms with Crippen molar-refractivity contribution in [1.82, 2.24) is 10.3 Å². The molecule has 0 radical (unpaired) electrons. The summed E-state index contributed by atoms with van der Waals surface area (Å²) < 4.78 is 6.27. The maximum Gasteiger partial charge on any atom is 0.213 e. The first kappa shape index (κ1) is 15.8. The number of nitrogens with one attached hydrogen (secondary N) is 1. The minimum atomic E-state index is 0.349. The molecule has 2 aromatic rings. The lowest BCUT2D eigenvalue weighted by Gasteiger charge is -2.33. The van der Waals surface area contributed by atoms with Crippen molar-refractivity contribution in [1.29, 1.82) is 0 Å². The molecule has 1 saturated heterocycles. The van der Waals surface area contributed by atoms with Gasteiger partial charge in [-0.2, -0.15) is 0 Å². The summed E-state index contributed by atoms with van der Waals surface area (Å²) in [5.41, 5.74) is 2.45. The van der Waals surface area contributed by atoms with Gasteiger partial charge < -0.3 is 10.1 Å². The fourth-order valence-corrected chi connectivity index (χ4v) is 3.97. The Morgan fingerprint density at radius 1 is 1.27 bits per heavy atom. The monoisotopic (exact) mass is 380 g/mol. The zero-order valence-corrected chi connectivity index (χ0v) is 14.7. The number of pyridine rings is 1. The molecule has 2 atom stereocenters. The van der Waals surface area contributed by atoms with E-state index in [0.717, 1.165) is 29.0 Å². The highest BCUT2D eigenvalue weighted by Crippen LogP contribution is 2.41. The van der Waals surface area contributed by atoms with Gasteiger partial charge in [0, 0.05) is 34.2 Å². The number of methoxy groups -OCH3 is 1. The van der Waals surface area contributed by atoms with Gasteiger partial charge in [0.25, 0.3) is 0 Å². The van der Waals surface area contributed by atoms with Crippen LogP contribution in [0.15, 0.2) is 41.0 Å². The molecule has 1 aromatic heterocycles. The highest BCUT2D eigenvalue weighted by atomic mass is 79.9. The predicted molar refractivity (Wildman–Crippen MR) is 92.9 cm³/mol. The van der Waals surface area contributed by atoms with Crippen LogP contribution < -0.4 is 10.1 Å². The molecule has 0 spiro atoms. The van der Waals surface area contributed by atoms with E-state index in [9.17, 15) is 0 Å². The van der Waals surface area contributed by atoms with E-state index in [4.69, 9.17) is 16.3 Å². The van der Waals surface area contributed by atoms with Gasteiger partial charge in [-0.15, -0.1) is 0 Å². The van der Waals surface area contributed by atoms with E-state index in [1.54, 1.807) is 7.11 Å². The van der Waals surface area contributed by atoms with Gasteiger partial charge >= 0.3 is 0 Å². The fourth-order valence-electron chi connectivity index (χ4n) is 3.15. The van der Waals surface area contributed by atoms with Crippen molar-refractivity contribution in [3.05, 3.63) is 57.2 Å². The Kier molecular flexibility index (Phi) is 5.01. The van der Waals surface area contributed by atoms with Crippen molar-refractivity contribution in [2.75, 3.05) is 20.2 Å².